The minimum atomic E-state index is -4.67. The fraction of sp³-hybridized carbons (Fsp3) is 0. The van der Waals surface area contributed by atoms with Crippen LogP contribution in [0.2, 0.25) is 0 Å². The van der Waals surface area contributed by atoms with Crippen LogP contribution in [0, 0.1) is 0 Å². The van der Waals surface area contributed by atoms with Gasteiger partial charge in [-0.2, -0.15) is 8.42 Å². The molecule has 0 atom stereocenters. The first-order chi connectivity index (χ1) is 3.73. The minimum Gasteiger partial charge on any atom is -1.00 e. The van der Waals surface area contributed by atoms with E-state index in [1.54, 1.807) is 0 Å². The standard InChI is InChI=1S/CH2O3.Al.Ca.K.H2O4S.6H/c2-1(3)4;;;;1-5(2,3)4;;;;;;/h(H2,2,3,4);;;;(H2,1,2,3,4);;;;;;/q;;+2;+1;;;;;3*-1. The summed E-state index contributed by atoms with van der Waals surface area (Å²) in [6.45, 7) is 0. The molecule has 12 heavy (non-hydrogen) atoms. The van der Waals surface area contributed by atoms with Crippen LogP contribution in [0.1, 0.15) is 4.28 Å². The molecule has 0 saturated carbocycles. The Bertz CT molecular complexity index is 177. The molecule has 7 nitrogen and oxygen atoms in total. The molecule has 0 aromatic carbocycles. The molecule has 0 saturated heterocycles. The average molecular weight is 272 g/mol. The summed E-state index contributed by atoms with van der Waals surface area (Å²) >= 11 is 0. The molecule has 0 aliphatic carbocycles. The van der Waals surface area contributed by atoms with Crippen LogP contribution in [0.5, 0.6) is 0 Å². The van der Waals surface area contributed by atoms with Gasteiger partial charge in [-0.15, -0.1) is 0 Å². The van der Waals surface area contributed by atoms with Crippen molar-refractivity contribution in [3.63, 3.8) is 0 Å². The largest absolute Gasteiger partial charge is 2.00 e. The first-order valence-electron chi connectivity index (χ1n) is 1.35. The van der Waals surface area contributed by atoms with Gasteiger partial charge < -0.3 is 14.5 Å². The molecule has 0 heterocycles. The smallest absolute Gasteiger partial charge is 1.00 e. The van der Waals surface area contributed by atoms with E-state index in [2.05, 4.69) is 0 Å². The van der Waals surface area contributed by atoms with Crippen molar-refractivity contribution >= 4 is 71.7 Å². The predicted molar refractivity (Wildman–Crippen MR) is 43.9 cm³/mol. The van der Waals surface area contributed by atoms with Crippen LogP contribution in [0.25, 0.3) is 0 Å². The summed E-state index contributed by atoms with van der Waals surface area (Å²) in [7, 11) is -4.67. The number of hydrogen-bond donors (Lipinski definition) is 4. The summed E-state index contributed by atoms with van der Waals surface area (Å²) in [4.78, 5) is 8.56. The van der Waals surface area contributed by atoms with Gasteiger partial charge in [-0.05, 0) is 0 Å². The van der Waals surface area contributed by atoms with E-state index in [-0.39, 0.29) is 111 Å². The van der Waals surface area contributed by atoms with Crippen LogP contribution in [0.4, 0.5) is 4.79 Å². The molecule has 11 heteroatoms. The zero-order valence-corrected chi connectivity index (χ0v) is 11.8. The van der Waals surface area contributed by atoms with E-state index >= 15 is 0 Å². The summed E-state index contributed by atoms with van der Waals surface area (Å²) in [5.41, 5.74) is 0. The Labute approximate surface area is 156 Å². The van der Waals surface area contributed by atoms with Crippen LogP contribution in [-0.2, 0) is 10.4 Å². The molecule has 0 unspecified atom stereocenters. The summed E-state index contributed by atoms with van der Waals surface area (Å²) in [5, 5.41) is 13.9. The number of carbonyl (C=O) groups is 1. The van der Waals surface area contributed by atoms with Gasteiger partial charge >= 0.3 is 106 Å². The molecular weight excluding hydrogens is 262 g/mol. The van der Waals surface area contributed by atoms with Crippen molar-refractivity contribution in [2.45, 2.75) is 0 Å². The van der Waals surface area contributed by atoms with Gasteiger partial charge in [0.05, 0.1) is 0 Å². The Kier molecular flexibility index (Phi) is 39.1. The van der Waals surface area contributed by atoms with E-state index in [1.807, 2.05) is 0 Å². The van der Waals surface area contributed by atoms with Crippen molar-refractivity contribution in [1.82, 2.24) is 0 Å². The Balaban J connectivity index is -0.00000000785. The van der Waals surface area contributed by atoms with Crippen molar-refractivity contribution < 1.29 is 88.2 Å². The van der Waals surface area contributed by atoms with Crippen molar-refractivity contribution in [3.8, 4) is 0 Å². The van der Waals surface area contributed by atoms with Crippen molar-refractivity contribution in [2.75, 3.05) is 0 Å². The summed E-state index contributed by atoms with van der Waals surface area (Å²) in [6.07, 6.45) is -1.83. The molecule has 4 N–H and O–H groups in total. The zero-order valence-electron chi connectivity index (χ0n) is 8.63. The Morgan fingerprint density at radius 1 is 1.17 bits per heavy atom. The number of hydrogen-bond acceptors (Lipinski definition) is 3. The second-order valence-electron chi connectivity index (χ2n) is 0.730. The van der Waals surface area contributed by atoms with Gasteiger partial charge in [0.1, 0.15) is 0 Å². The van der Waals surface area contributed by atoms with Crippen LogP contribution in [-0.4, -0.2) is 89.0 Å². The molecule has 0 aromatic rings. The Hall–Kier alpha value is 2.57. The molecule has 0 aromatic heterocycles. The van der Waals surface area contributed by atoms with E-state index in [4.69, 9.17) is 32.5 Å². The Morgan fingerprint density at radius 2 is 1.17 bits per heavy atom. The van der Waals surface area contributed by atoms with Crippen LogP contribution >= 0.6 is 0 Å². The summed E-state index contributed by atoms with van der Waals surface area (Å²) < 4.78 is 31.6. The third kappa shape index (κ3) is 255. The second-order valence-corrected chi connectivity index (χ2v) is 1.63. The molecule has 0 bridgehead atoms. The van der Waals surface area contributed by atoms with Gasteiger partial charge in [-0.1, -0.05) is 0 Å². The molecule has 0 rings (SSSR count). The van der Waals surface area contributed by atoms with Crippen LogP contribution in [0.3, 0.4) is 0 Å². The molecule has 0 amide bonds. The van der Waals surface area contributed by atoms with E-state index in [1.165, 1.54) is 0 Å². The third-order valence-corrected chi connectivity index (χ3v) is 0. The number of carboxylic acid groups (broad SMARTS) is 2. The van der Waals surface area contributed by atoms with E-state index < -0.39 is 16.6 Å². The summed E-state index contributed by atoms with van der Waals surface area (Å²) in [6, 6.07) is 0. The normalized spacial score (nSPS) is 6.83. The van der Waals surface area contributed by atoms with E-state index in [9.17, 15) is 0 Å². The molecule has 0 radical (unpaired) electrons. The third-order valence-electron chi connectivity index (χ3n) is 0. The van der Waals surface area contributed by atoms with Gasteiger partial charge in [0.25, 0.3) is 0 Å². The molecular formula is CH10AlCaKO7S. The molecule has 0 aliphatic rings. The average Bonchev–Trinajstić information content (AvgIpc) is 1.19. The van der Waals surface area contributed by atoms with Gasteiger partial charge in [-0.3, -0.25) is 9.11 Å². The molecule has 68 valence electrons. The Morgan fingerprint density at radius 3 is 1.17 bits per heavy atom. The van der Waals surface area contributed by atoms with E-state index in [0.717, 1.165) is 0 Å². The first kappa shape index (κ1) is 29.3. The fourth-order valence-corrected chi connectivity index (χ4v) is 0. The molecule has 0 fully saturated rings. The van der Waals surface area contributed by atoms with Gasteiger partial charge in [0.2, 0.25) is 0 Å². The van der Waals surface area contributed by atoms with Crippen LogP contribution in [0.15, 0.2) is 0 Å². The quantitative estimate of drug-likeness (QED) is 0.257. The molecule has 0 aliphatic heterocycles. The number of rotatable bonds is 0. The summed E-state index contributed by atoms with van der Waals surface area (Å²) in [5.74, 6) is 0. The predicted octanol–water partition coefficient (Wildman–Crippen LogP) is -4.65. The molecule has 0 spiro atoms. The zero-order chi connectivity index (χ0) is 8.08. The SMILES string of the molecule is O=C(O)O.O=S(=O)(O)O.[AlH3].[Ca+2].[H-].[H-].[H-].[K+]. The first-order valence-corrected chi connectivity index (χ1v) is 2.75. The van der Waals surface area contributed by atoms with Crippen LogP contribution < -0.4 is 51.4 Å². The van der Waals surface area contributed by atoms with Gasteiger partial charge in [0.15, 0.2) is 17.4 Å². The maximum absolute atomic E-state index is 8.74. The maximum atomic E-state index is 8.74. The second kappa shape index (κ2) is 16.0. The minimum absolute atomic E-state index is 0. The van der Waals surface area contributed by atoms with Gasteiger partial charge in [-0.25, -0.2) is 4.79 Å². The van der Waals surface area contributed by atoms with Crippen molar-refractivity contribution in [1.29, 1.82) is 0 Å². The fourth-order valence-electron chi connectivity index (χ4n) is 0. The van der Waals surface area contributed by atoms with Gasteiger partial charge in [0, 0.05) is 0 Å². The topological polar surface area (TPSA) is 132 Å². The monoisotopic (exact) mass is 272 g/mol. The maximum Gasteiger partial charge on any atom is 2.00 e. The van der Waals surface area contributed by atoms with Crippen molar-refractivity contribution in [2.24, 2.45) is 0 Å². The van der Waals surface area contributed by atoms with Crippen molar-refractivity contribution in [3.05, 3.63) is 0 Å². The van der Waals surface area contributed by atoms with E-state index in [0.29, 0.717) is 0 Å².